The molecule has 1 rings (SSSR count). The third-order valence-electron chi connectivity index (χ3n) is 2.96. The van der Waals surface area contributed by atoms with Crippen molar-refractivity contribution in [2.24, 2.45) is 0 Å². The first-order valence-electron chi connectivity index (χ1n) is 7.82. The molecule has 0 atom stereocenters. The van der Waals surface area contributed by atoms with Gasteiger partial charge in [0, 0.05) is 7.11 Å². The lowest BCUT2D eigenvalue weighted by atomic mass is 10.2. The number of rotatable bonds is 14. The molecule has 0 heterocycles. The van der Waals surface area contributed by atoms with Gasteiger partial charge in [-0.2, -0.15) is 0 Å². The first kappa shape index (κ1) is 20.4. The minimum absolute atomic E-state index is 0.178. The van der Waals surface area contributed by atoms with E-state index in [9.17, 15) is 4.79 Å². The van der Waals surface area contributed by atoms with Crippen molar-refractivity contribution in [3.63, 3.8) is 0 Å². The zero-order valence-electron chi connectivity index (χ0n) is 14.3. The number of benzene rings is 1. The summed E-state index contributed by atoms with van der Waals surface area (Å²) in [6.07, 6.45) is 0. The number of hydrogen-bond acceptors (Lipinski definition) is 7. The van der Waals surface area contributed by atoms with Crippen LogP contribution in [0.5, 0.6) is 5.75 Å². The van der Waals surface area contributed by atoms with Gasteiger partial charge >= 0.3 is 5.97 Å². The highest BCUT2D eigenvalue weighted by atomic mass is 16.6. The molecule has 0 amide bonds. The Bertz CT molecular complexity index is 450. The van der Waals surface area contributed by atoms with Crippen LogP contribution in [0.25, 0.3) is 0 Å². The van der Waals surface area contributed by atoms with E-state index >= 15 is 0 Å². The lowest BCUT2D eigenvalue weighted by Gasteiger charge is -2.09. The van der Waals surface area contributed by atoms with Gasteiger partial charge in [0.25, 0.3) is 0 Å². The second-order valence-corrected chi connectivity index (χ2v) is 4.67. The highest BCUT2D eigenvalue weighted by Crippen LogP contribution is 2.17. The van der Waals surface area contributed by atoms with Crippen LogP contribution in [0.3, 0.4) is 0 Å². The molecule has 1 aromatic carbocycles. The van der Waals surface area contributed by atoms with Gasteiger partial charge in [0.15, 0.2) is 0 Å². The maximum Gasteiger partial charge on any atom is 0.342 e. The molecular formula is C17H26O7. The van der Waals surface area contributed by atoms with Gasteiger partial charge in [-0.05, 0) is 12.1 Å². The van der Waals surface area contributed by atoms with Gasteiger partial charge in [-0.1, -0.05) is 12.1 Å². The minimum Gasteiger partial charge on any atom is -0.496 e. The summed E-state index contributed by atoms with van der Waals surface area (Å²) in [5.41, 5.74) is 0.400. The lowest BCUT2D eigenvalue weighted by Crippen LogP contribution is -2.14. The third-order valence-corrected chi connectivity index (χ3v) is 2.96. The molecule has 7 nitrogen and oxygen atoms in total. The SMILES string of the molecule is COCCOCCOCCOCCOC(=O)c1ccccc1OC. The molecule has 0 aromatic heterocycles. The summed E-state index contributed by atoms with van der Waals surface area (Å²) in [6.45, 7) is 3.57. The Hall–Kier alpha value is -1.67. The highest BCUT2D eigenvalue weighted by Gasteiger charge is 2.12. The van der Waals surface area contributed by atoms with Crippen LogP contribution >= 0.6 is 0 Å². The lowest BCUT2D eigenvalue weighted by molar-refractivity contribution is -0.00556. The second-order valence-electron chi connectivity index (χ2n) is 4.67. The molecule has 24 heavy (non-hydrogen) atoms. The summed E-state index contributed by atoms with van der Waals surface area (Å²) in [7, 11) is 3.14. The van der Waals surface area contributed by atoms with Crippen LogP contribution in [-0.4, -0.2) is 73.0 Å². The van der Waals surface area contributed by atoms with E-state index in [0.717, 1.165) is 0 Å². The van der Waals surface area contributed by atoms with Crippen molar-refractivity contribution in [2.45, 2.75) is 0 Å². The summed E-state index contributed by atoms with van der Waals surface area (Å²) in [5, 5.41) is 0. The average molecular weight is 342 g/mol. The third kappa shape index (κ3) is 8.83. The number of carbonyl (C=O) groups is 1. The van der Waals surface area contributed by atoms with E-state index in [-0.39, 0.29) is 6.61 Å². The fraction of sp³-hybridized carbons (Fsp3) is 0.588. The van der Waals surface area contributed by atoms with Crippen LogP contribution in [0.4, 0.5) is 0 Å². The van der Waals surface area contributed by atoms with Gasteiger partial charge < -0.3 is 28.4 Å². The molecule has 7 heteroatoms. The van der Waals surface area contributed by atoms with Crippen molar-refractivity contribution >= 4 is 5.97 Å². The van der Waals surface area contributed by atoms with Gasteiger partial charge in [0.2, 0.25) is 0 Å². The summed E-state index contributed by atoms with van der Waals surface area (Å²) in [5.74, 6) is 0.0602. The van der Waals surface area contributed by atoms with Crippen molar-refractivity contribution in [3.8, 4) is 5.75 Å². The quantitative estimate of drug-likeness (QED) is 0.375. The molecule has 0 N–H and O–H groups in total. The largest absolute Gasteiger partial charge is 0.496 e. The zero-order valence-corrected chi connectivity index (χ0v) is 14.3. The smallest absolute Gasteiger partial charge is 0.342 e. The van der Waals surface area contributed by atoms with E-state index in [4.69, 9.17) is 28.4 Å². The van der Waals surface area contributed by atoms with Crippen LogP contribution in [0, 0.1) is 0 Å². The monoisotopic (exact) mass is 342 g/mol. The molecule has 0 unspecified atom stereocenters. The van der Waals surface area contributed by atoms with E-state index in [0.29, 0.717) is 57.6 Å². The van der Waals surface area contributed by atoms with Crippen LogP contribution in [0.2, 0.25) is 0 Å². The van der Waals surface area contributed by atoms with Gasteiger partial charge in [0.05, 0.1) is 53.4 Å². The molecule has 0 aliphatic carbocycles. The summed E-state index contributed by atoms with van der Waals surface area (Å²) >= 11 is 0. The summed E-state index contributed by atoms with van der Waals surface area (Å²) < 4.78 is 31.0. The number of carbonyl (C=O) groups excluding carboxylic acids is 1. The van der Waals surface area contributed by atoms with Crippen molar-refractivity contribution in [2.75, 3.05) is 67.1 Å². The van der Waals surface area contributed by atoms with E-state index in [1.54, 1.807) is 31.4 Å². The average Bonchev–Trinajstić information content (AvgIpc) is 2.62. The first-order chi connectivity index (χ1) is 11.8. The molecular weight excluding hydrogens is 316 g/mol. The molecule has 0 fully saturated rings. The Kier molecular flexibility index (Phi) is 11.7. The Morgan fingerprint density at radius 1 is 0.792 bits per heavy atom. The van der Waals surface area contributed by atoms with Crippen LogP contribution in [0.15, 0.2) is 24.3 Å². The molecule has 1 aromatic rings. The van der Waals surface area contributed by atoms with Crippen molar-refractivity contribution in [1.29, 1.82) is 0 Å². The highest BCUT2D eigenvalue weighted by molar-refractivity contribution is 5.92. The maximum absolute atomic E-state index is 11.9. The van der Waals surface area contributed by atoms with Crippen molar-refractivity contribution in [1.82, 2.24) is 0 Å². The molecule has 0 saturated carbocycles. The number of esters is 1. The standard InChI is InChI=1S/C17H26O7/c1-19-7-8-21-9-10-22-11-12-23-13-14-24-17(18)15-5-3-4-6-16(15)20-2/h3-6H,7-14H2,1-2H3. The van der Waals surface area contributed by atoms with Gasteiger partial charge in [-0.25, -0.2) is 4.79 Å². The van der Waals surface area contributed by atoms with Crippen LogP contribution < -0.4 is 4.74 Å². The number of hydrogen-bond donors (Lipinski definition) is 0. The zero-order chi connectivity index (χ0) is 17.5. The molecule has 0 spiro atoms. The van der Waals surface area contributed by atoms with Gasteiger partial charge in [-0.3, -0.25) is 0 Å². The first-order valence-corrected chi connectivity index (χ1v) is 7.82. The topological polar surface area (TPSA) is 72.5 Å². The van der Waals surface area contributed by atoms with Crippen molar-refractivity contribution < 1.29 is 33.2 Å². The van der Waals surface area contributed by atoms with Gasteiger partial charge in [-0.15, -0.1) is 0 Å². The molecule has 0 radical (unpaired) electrons. The van der Waals surface area contributed by atoms with Gasteiger partial charge in [0.1, 0.15) is 17.9 Å². The second kappa shape index (κ2) is 13.7. The van der Waals surface area contributed by atoms with Crippen LogP contribution in [-0.2, 0) is 23.7 Å². The minimum atomic E-state index is -0.430. The normalized spacial score (nSPS) is 10.6. The molecule has 0 aliphatic rings. The predicted molar refractivity (Wildman–Crippen MR) is 87.6 cm³/mol. The Balaban J connectivity index is 1.97. The summed E-state index contributed by atoms with van der Waals surface area (Å²) in [6, 6.07) is 6.92. The Morgan fingerprint density at radius 3 is 1.92 bits per heavy atom. The molecule has 0 aliphatic heterocycles. The fourth-order valence-electron chi connectivity index (χ4n) is 1.77. The fourth-order valence-corrected chi connectivity index (χ4v) is 1.77. The molecule has 0 bridgehead atoms. The van der Waals surface area contributed by atoms with E-state index < -0.39 is 5.97 Å². The van der Waals surface area contributed by atoms with Crippen molar-refractivity contribution in [3.05, 3.63) is 29.8 Å². The predicted octanol–water partition coefficient (Wildman–Crippen LogP) is 1.55. The van der Waals surface area contributed by atoms with E-state index in [1.807, 2.05) is 0 Å². The number of ether oxygens (including phenoxy) is 6. The number of methoxy groups -OCH3 is 2. The van der Waals surface area contributed by atoms with E-state index in [2.05, 4.69) is 0 Å². The Labute approximate surface area is 142 Å². The summed E-state index contributed by atoms with van der Waals surface area (Å²) in [4.78, 5) is 11.9. The molecule has 0 saturated heterocycles. The van der Waals surface area contributed by atoms with E-state index in [1.165, 1.54) is 7.11 Å². The molecule has 136 valence electrons. The number of para-hydroxylation sites is 1. The van der Waals surface area contributed by atoms with Crippen LogP contribution in [0.1, 0.15) is 10.4 Å². The Morgan fingerprint density at radius 2 is 1.33 bits per heavy atom. The maximum atomic E-state index is 11.9.